The van der Waals surface area contributed by atoms with Crippen LogP contribution in [0.4, 0.5) is 5.82 Å². The lowest BCUT2D eigenvalue weighted by Gasteiger charge is -2.37. The molecule has 0 aliphatic carbocycles. The van der Waals surface area contributed by atoms with Crippen molar-refractivity contribution in [2.75, 3.05) is 57.4 Å². The first-order valence-electron chi connectivity index (χ1n) is 7.69. The van der Waals surface area contributed by atoms with Gasteiger partial charge in [-0.1, -0.05) is 0 Å². The van der Waals surface area contributed by atoms with Crippen molar-refractivity contribution in [3.63, 3.8) is 0 Å². The fraction of sp³-hybridized carbons (Fsp3) is 0.733. The van der Waals surface area contributed by atoms with E-state index >= 15 is 0 Å². The Kier molecular flexibility index (Phi) is 4.67. The van der Waals surface area contributed by atoms with Gasteiger partial charge in [0.1, 0.15) is 5.82 Å². The summed E-state index contributed by atoms with van der Waals surface area (Å²) < 4.78 is 11.2. The number of aromatic nitrogens is 2. The van der Waals surface area contributed by atoms with Crippen LogP contribution in [0.25, 0.3) is 0 Å². The van der Waals surface area contributed by atoms with Gasteiger partial charge in [-0.2, -0.15) is 0 Å². The second-order valence-corrected chi connectivity index (χ2v) is 5.78. The zero-order valence-electron chi connectivity index (χ0n) is 12.9. The second-order valence-electron chi connectivity index (χ2n) is 5.78. The zero-order chi connectivity index (χ0) is 14.7. The minimum Gasteiger partial charge on any atom is -0.376 e. The Bertz CT molecular complexity index is 469. The molecule has 2 fully saturated rings. The quantitative estimate of drug-likeness (QED) is 0.814. The summed E-state index contributed by atoms with van der Waals surface area (Å²) in [5.74, 6) is 1.03. The SMILES string of the molecule is Cc1cnc(C)c(N2CCN(C[C@H]3COCCO3)CC2)n1. The van der Waals surface area contributed by atoms with Gasteiger partial charge in [0.05, 0.1) is 37.3 Å². The first-order valence-corrected chi connectivity index (χ1v) is 7.69. The van der Waals surface area contributed by atoms with Gasteiger partial charge in [0, 0.05) is 38.9 Å². The monoisotopic (exact) mass is 292 g/mol. The minimum absolute atomic E-state index is 0.228. The summed E-state index contributed by atoms with van der Waals surface area (Å²) in [6.07, 6.45) is 2.06. The van der Waals surface area contributed by atoms with Crippen LogP contribution in [0.15, 0.2) is 6.20 Å². The van der Waals surface area contributed by atoms with Gasteiger partial charge in [-0.3, -0.25) is 9.88 Å². The van der Waals surface area contributed by atoms with Crippen LogP contribution in [0.3, 0.4) is 0 Å². The molecule has 1 atom stereocenters. The molecule has 0 amide bonds. The van der Waals surface area contributed by atoms with Gasteiger partial charge in [-0.25, -0.2) is 4.98 Å². The number of ether oxygens (including phenoxy) is 2. The first kappa shape index (κ1) is 14.7. The average Bonchev–Trinajstić information content (AvgIpc) is 2.52. The molecular weight excluding hydrogens is 268 g/mol. The highest BCUT2D eigenvalue weighted by Gasteiger charge is 2.23. The maximum Gasteiger partial charge on any atom is 0.150 e. The average molecular weight is 292 g/mol. The van der Waals surface area contributed by atoms with Crippen LogP contribution in [0, 0.1) is 13.8 Å². The van der Waals surface area contributed by atoms with Crippen molar-refractivity contribution in [1.29, 1.82) is 0 Å². The van der Waals surface area contributed by atoms with E-state index in [1.54, 1.807) is 0 Å². The number of hydrogen-bond donors (Lipinski definition) is 0. The largest absolute Gasteiger partial charge is 0.376 e. The zero-order valence-corrected chi connectivity index (χ0v) is 12.9. The number of aryl methyl sites for hydroxylation is 2. The molecule has 2 aliphatic heterocycles. The van der Waals surface area contributed by atoms with Crippen LogP contribution in [-0.4, -0.2) is 73.5 Å². The third-order valence-electron chi connectivity index (χ3n) is 4.07. The summed E-state index contributed by atoms with van der Waals surface area (Å²) in [4.78, 5) is 13.8. The van der Waals surface area contributed by atoms with Gasteiger partial charge < -0.3 is 14.4 Å². The summed E-state index contributed by atoms with van der Waals surface area (Å²) >= 11 is 0. The molecule has 3 heterocycles. The standard InChI is InChI=1S/C15H24N4O2/c1-12-9-16-13(2)15(17-12)19-5-3-18(4-6-19)10-14-11-20-7-8-21-14/h9,14H,3-8,10-11H2,1-2H3/t14-/m0/s1. The minimum atomic E-state index is 0.228. The number of rotatable bonds is 3. The summed E-state index contributed by atoms with van der Waals surface area (Å²) in [5.41, 5.74) is 1.99. The van der Waals surface area contributed by atoms with Gasteiger partial charge in [0.15, 0.2) is 0 Å². The van der Waals surface area contributed by atoms with Gasteiger partial charge in [-0.05, 0) is 13.8 Å². The van der Waals surface area contributed by atoms with E-state index in [1.807, 2.05) is 20.0 Å². The third kappa shape index (κ3) is 3.70. The van der Waals surface area contributed by atoms with Crippen molar-refractivity contribution in [2.45, 2.75) is 20.0 Å². The van der Waals surface area contributed by atoms with Crippen LogP contribution in [0.5, 0.6) is 0 Å². The Labute approximate surface area is 126 Å². The Balaban J connectivity index is 1.53. The Hall–Kier alpha value is -1.24. The van der Waals surface area contributed by atoms with E-state index < -0.39 is 0 Å². The Morgan fingerprint density at radius 2 is 2.00 bits per heavy atom. The molecule has 0 saturated carbocycles. The number of hydrogen-bond acceptors (Lipinski definition) is 6. The molecule has 2 saturated heterocycles. The fourth-order valence-electron chi connectivity index (χ4n) is 2.90. The summed E-state index contributed by atoms with van der Waals surface area (Å²) in [6.45, 7) is 11.2. The highest BCUT2D eigenvalue weighted by atomic mass is 16.6. The highest BCUT2D eigenvalue weighted by molar-refractivity contribution is 5.43. The maximum absolute atomic E-state index is 5.72. The molecule has 0 radical (unpaired) electrons. The molecule has 2 aliphatic rings. The topological polar surface area (TPSA) is 50.7 Å². The van der Waals surface area contributed by atoms with Crippen molar-refractivity contribution in [3.8, 4) is 0 Å². The van der Waals surface area contributed by atoms with Crippen LogP contribution < -0.4 is 4.90 Å². The van der Waals surface area contributed by atoms with E-state index in [2.05, 4.69) is 19.8 Å². The van der Waals surface area contributed by atoms with Gasteiger partial charge >= 0.3 is 0 Å². The van der Waals surface area contributed by atoms with Crippen LogP contribution in [0.2, 0.25) is 0 Å². The predicted octanol–water partition coefficient (Wildman–Crippen LogP) is 0.631. The van der Waals surface area contributed by atoms with Crippen molar-refractivity contribution in [1.82, 2.24) is 14.9 Å². The van der Waals surface area contributed by atoms with Gasteiger partial charge in [0.2, 0.25) is 0 Å². The Morgan fingerprint density at radius 3 is 2.71 bits per heavy atom. The van der Waals surface area contributed by atoms with E-state index in [-0.39, 0.29) is 6.10 Å². The molecule has 0 spiro atoms. The van der Waals surface area contributed by atoms with Crippen LogP contribution in [-0.2, 0) is 9.47 Å². The molecule has 6 heteroatoms. The molecule has 3 rings (SSSR count). The second kappa shape index (κ2) is 6.68. The molecule has 0 N–H and O–H groups in total. The lowest BCUT2D eigenvalue weighted by molar-refractivity contribution is -0.0977. The number of nitrogens with zero attached hydrogens (tertiary/aromatic N) is 4. The fourth-order valence-corrected chi connectivity index (χ4v) is 2.90. The predicted molar refractivity (Wildman–Crippen MR) is 80.7 cm³/mol. The van der Waals surface area contributed by atoms with E-state index in [9.17, 15) is 0 Å². The highest BCUT2D eigenvalue weighted by Crippen LogP contribution is 2.17. The maximum atomic E-state index is 5.72. The lowest BCUT2D eigenvalue weighted by atomic mass is 10.2. The van der Waals surface area contributed by atoms with Crippen molar-refractivity contribution < 1.29 is 9.47 Å². The third-order valence-corrected chi connectivity index (χ3v) is 4.07. The molecule has 0 aromatic carbocycles. The molecule has 1 aromatic rings. The van der Waals surface area contributed by atoms with Crippen molar-refractivity contribution >= 4 is 5.82 Å². The molecular formula is C15H24N4O2. The van der Waals surface area contributed by atoms with Crippen LogP contribution in [0.1, 0.15) is 11.4 Å². The number of anilines is 1. The summed E-state index contributed by atoms with van der Waals surface area (Å²) in [7, 11) is 0. The van der Waals surface area contributed by atoms with Gasteiger partial charge in [-0.15, -0.1) is 0 Å². The summed E-state index contributed by atoms with van der Waals surface area (Å²) in [6, 6.07) is 0. The van der Waals surface area contributed by atoms with E-state index in [1.165, 1.54) is 0 Å². The molecule has 21 heavy (non-hydrogen) atoms. The molecule has 0 bridgehead atoms. The smallest absolute Gasteiger partial charge is 0.150 e. The number of piperazine rings is 1. The normalized spacial score (nSPS) is 24.3. The van der Waals surface area contributed by atoms with E-state index in [4.69, 9.17) is 9.47 Å². The van der Waals surface area contributed by atoms with Gasteiger partial charge in [0.25, 0.3) is 0 Å². The van der Waals surface area contributed by atoms with E-state index in [0.29, 0.717) is 0 Å². The summed E-state index contributed by atoms with van der Waals surface area (Å²) in [5, 5.41) is 0. The Morgan fingerprint density at radius 1 is 1.19 bits per heavy atom. The van der Waals surface area contributed by atoms with E-state index in [0.717, 1.165) is 69.8 Å². The van der Waals surface area contributed by atoms with Crippen molar-refractivity contribution in [3.05, 3.63) is 17.6 Å². The van der Waals surface area contributed by atoms with Crippen molar-refractivity contribution in [2.24, 2.45) is 0 Å². The van der Waals surface area contributed by atoms with Crippen LogP contribution >= 0.6 is 0 Å². The molecule has 116 valence electrons. The molecule has 1 aromatic heterocycles. The first-order chi connectivity index (χ1) is 10.2. The lowest BCUT2D eigenvalue weighted by Crippen LogP contribution is -2.50. The molecule has 0 unspecified atom stereocenters. The molecule has 6 nitrogen and oxygen atoms in total.